The average Bonchev–Trinajstić information content (AvgIpc) is 3.65. The maximum absolute atomic E-state index is 13.5. The quantitative estimate of drug-likeness (QED) is 0.318. The largest absolute Gasteiger partial charge is 0.361 e. The molecule has 0 spiro atoms. The van der Waals surface area contributed by atoms with Gasteiger partial charge < -0.3 is 19.5 Å². The summed E-state index contributed by atoms with van der Waals surface area (Å²) < 4.78 is 7.66. The zero-order valence-corrected chi connectivity index (χ0v) is 22.3. The maximum atomic E-state index is 13.5. The molecule has 0 radical (unpaired) electrons. The number of nitrogens with one attached hydrogen (secondary N) is 1. The molecule has 4 rings (SSSR count). The van der Waals surface area contributed by atoms with E-state index in [0.717, 1.165) is 18.9 Å². The number of carbonyl (C=O) groups excluding carboxylic acids is 2. The van der Waals surface area contributed by atoms with Crippen LogP contribution in [0, 0.1) is 35.5 Å². The third-order valence-corrected chi connectivity index (χ3v) is 8.52. The molecule has 36 heavy (non-hydrogen) atoms. The molecule has 1 saturated heterocycles. The van der Waals surface area contributed by atoms with Crippen molar-refractivity contribution in [1.29, 1.82) is 5.26 Å². The van der Waals surface area contributed by atoms with E-state index in [-0.39, 0.29) is 30.4 Å². The van der Waals surface area contributed by atoms with Crippen LogP contribution in [0.5, 0.6) is 0 Å². The first-order valence-electron chi connectivity index (χ1n) is 12.6. The summed E-state index contributed by atoms with van der Waals surface area (Å²) in [6.45, 7) is 8.84. The van der Waals surface area contributed by atoms with Crippen LogP contribution < -0.4 is 5.32 Å². The number of rotatable bonds is 9. The summed E-state index contributed by atoms with van der Waals surface area (Å²) in [5, 5.41) is 12.1. The predicted octanol–water partition coefficient (Wildman–Crippen LogP) is 3.00. The van der Waals surface area contributed by atoms with Crippen molar-refractivity contribution < 1.29 is 14.3 Å². The zero-order chi connectivity index (χ0) is 25.9. The molecule has 3 heterocycles. The van der Waals surface area contributed by atoms with Gasteiger partial charge in [0.25, 0.3) is 5.91 Å². The van der Waals surface area contributed by atoms with E-state index in [1.54, 1.807) is 15.7 Å². The molecule has 1 saturated carbocycles. The summed E-state index contributed by atoms with van der Waals surface area (Å²) in [4.78, 5) is 37.5. The average molecular weight is 507 g/mol. The van der Waals surface area contributed by atoms with Crippen molar-refractivity contribution in [3.63, 3.8) is 0 Å². The van der Waals surface area contributed by atoms with Crippen molar-refractivity contribution in [3.05, 3.63) is 23.7 Å². The van der Waals surface area contributed by atoms with Crippen molar-refractivity contribution in [3.8, 4) is 18.4 Å². The number of fused-ring (bicyclic) bond motifs is 1. The predicted molar refractivity (Wildman–Crippen MR) is 138 cm³/mol. The minimum absolute atomic E-state index is 0.00830. The topological polar surface area (TPSA) is 113 Å². The summed E-state index contributed by atoms with van der Waals surface area (Å²) in [5.74, 6) is 2.15. The molecule has 9 nitrogen and oxygen atoms in total. The fourth-order valence-corrected chi connectivity index (χ4v) is 5.14. The lowest BCUT2D eigenvalue weighted by atomic mass is 9.97. The number of nitriles is 1. The van der Waals surface area contributed by atoms with Gasteiger partial charge in [0.2, 0.25) is 5.91 Å². The fraction of sp³-hybridized carbons (Fsp3) is 0.577. The second-order valence-corrected chi connectivity index (χ2v) is 16.6. The van der Waals surface area contributed by atoms with Crippen LogP contribution >= 0.6 is 0 Å². The Morgan fingerprint density at radius 2 is 2.00 bits per heavy atom. The molecule has 1 aliphatic heterocycles. The van der Waals surface area contributed by atoms with Gasteiger partial charge in [-0.2, -0.15) is 5.26 Å². The zero-order valence-electron chi connectivity index (χ0n) is 21.3. The molecule has 1 N–H and O–H groups in total. The van der Waals surface area contributed by atoms with E-state index >= 15 is 0 Å². The highest BCUT2D eigenvalue weighted by atomic mass is 28.3. The summed E-state index contributed by atoms with van der Waals surface area (Å²) in [5.41, 5.74) is 1.57. The highest BCUT2D eigenvalue weighted by molar-refractivity contribution is 6.76. The van der Waals surface area contributed by atoms with E-state index in [4.69, 9.17) is 16.4 Å². The van der Waals surface area contributed by atoms with E-state index in [9.17, 15) is 9.59 Å². The first kappa shape index (κ1) is 25.9. The molecule has 0 aromatic carbocycles. The molecule has 2 aromatic heterocycles. The van der Waals surface area contributed by atoms with Crippen molar-refractivity contribution >= 4 is 31.1 Å². The van der Waals surface area contributed by atoms with Crippen molar-refractivity contribution in [2.75, 3.05) is 19.7 Å². The van der Waals surface area contributed by atoms with Crippen molar-refractivity contribution in [2.45, 2.75) is 64.1 Å². The Balaban J connectivity index is 1.52. The Labute approximate surface area is 213 Å². The number of hydrogen-bond acceptors (Lipinski definition) is 6. The van der Waals surface area contributed by atoms with Gasteiger partial charge in [0, 0.05) is 39.9 Å². The molecule has 1 aliphatic carbocycles. The summed E-state index contributed by atoms with van der Waals surface area (Å²) in [6.07, 6.45) is 11.9. The van der Waals surface area contributed by atoms with E-state index in [0.29, 0.717) is 55.0 Å². The Morgan fingerprint density at radius 1 is 1.28 bits per heavy atom. The van der Waals surface area contributed by atoms with Crippen LogP contribution in [0.4, 0.5) is 0 Å². The molecular formula is C26H34N6O3Si. The Hall–Kier alpha value is -3.21. The molecule has 2 aromatic rings. The van der Waals surface area contributed by atoms with Gasteiger partial charge in [0.15, 0.2) is 5.65 Å². The molecular weight excluding hydrogens is 472 g/mol. The highest BCUT2D eigenvalue weighted by Gasteiger charge is 2.40. The normalized spacial score (nSPS) is 17.4. The Kier molecular flexibility index (Phi) is 7.77. The maximum Gasteiger partial charge on any atom is 0.255 e. The lowest BCUT2D eigenvalue weighted by Gasteiger charge is -2.32. The van der Waals surface area contributed by atoms with E-state index in [1.165, 1.54) is 6.20 Å². The van der Waals surface area contributed by atoms with Crippen molar-refractivity contribution in [2.24, 2.45) is 11.8 Å². The molecule has 2 fully saturated rings. The van der Waals surface area contributed by atoms with Gasteiger partial charge in [0.05, 0.1) is 17.8 Å². The van der Waals surface area contributed by atoms with Crippen LogP contribution in [0.3, 0.4) is 0 Å². The number of amides is 2. The van der Waals surface area contributed by atoms with Crippen LogP contribution in [0.15, 0.2) is 12.4 Å². The van der Waals surface area contributed by atoms with Gasteiger partial charge in [-0.05, 0) is 43.6 Å². The van der Waals surface area contributed by atoms with Gasteiger partial charge in [0.1, 0.15) is 24.0 Å². The van der Waals surface area contributed by atoms with Crippen LogP contribution in [0.2, 0.25) is 25.7 Å². The van der Waals surface area contributed by atoms with Crippen molar-refractivity contribution in [1.82, 2.24) is 24.8 Å². The SMILES string of the molecule is C#Cc1cnc2c(n1)c(C(=O)N[C@@H](C(=O)N1CCC(C#N)CC1)C1CC1)cn2COCC[Si](C)(C)C. The number of carbonyl (C=O) groups is 2. The number of likely N-dealkylation sites (tertiary alicyclic amines) is 1. The van der Waals surface area contributed by atoms with Gasteiger partial charge in [-0.15, -0.1) is 6.42 Å². The Morgan fingerprint density at radius 3 is 2.61 bits per heavy atom. The summed E-state index contributed by atoms with van der Waals surface area (Å²) >= 11 is 0. The minimum Gasteiger partial charge on any atom is -0.361 e. The van der Waals surface area contributed by atoms with Crippen LogP contribution in [-0.2, 0) is 16.3 Å². The number of terminal acetylenes is 1. The second-order valence-electron chi connectivity index (χ2n) is 10.9. The van der Waals surface area contributed by atoms with E-state index in [1.807, 2.05) is 0 Å². The van der Waals surface area contributed by atoms with Gasteiger partial charge >= 0.3 is 0 Å². The number of ether oxygens (including phenoxy) is 1. The van der Waals surface area contributed by atoms with Gasteiger partial charge in [-0.3, -0.25) is 9.59 Å². The molecule has 1 atom stereocenters. The third kappa shape index (κ3) is 6.12. The van der Waals surface area contributed by atoms with Crippen LogP contribution in [0.1, 0.15) is 41.7 Å². The third-order valence-electron chi connectivity index (χ3n) is 6.82. The lowest BCUT2D eigenvalue weighted by molar-refractivity contribution is -0.135. The number of piperidine rings is 1. The van der Waals surface area contributed by atoms with E-state index < -0.39 is 14.1 Å². The molecule has 0 unspecified atom stereocenters. The Bertz CT molecular complexity index is 1210. The van der Waals surface area contributed by atoms with Crippen LogP contribution in [-0.4, -0.2) is 65.1 Å². The van der Waals surface area contributed by atoms with Gasteiger partial charge in [-0.25, -0.2) is 9.97 Å². The second kappa shape index (κ2) is 10.8. The summed E-state index contributed by atoms with van der Waals surface area (Å²) in [7, 11) is -1.23. The number of nitrogens with zero attached hydrogens (tertiary/aromatic N) is 5. The first-order chi connectivity index (χ1) is 17.2. The number of hydrogen-bond donors (Lipinski definition) is 1. The smallest absolute Gasteiger partial charge is 0.255 e. The monoisotopic (exact) mass is 506 g/mol. The number of aromatic nitrogens is 3. The molecule has 2 amide bonds. The highest BCUT2D eigenvalue weighted by Crippen LogP contribution is 2.34. The molecule has 2 aliphatic rings. The molecule has 10 heteroatoms. The van der Waals surface area contributed by atoms with Crippen LogP contribution in [0.25, 0.3) is 11.2 Å². The van der Waals surface area contributed by atoms with Gasteiger partial charge in [-0.1, -0.05) is 19.6 Å². The fourth-order valence-electron chi connectivity index (χ4n) is 4.38. The molecule has 0 bridgehead atoms. The lowest BCUT2D eigenvalue weighted by Crippen LogP contribution is -2.51. The molecule has 190 valence electrons. The first-order valence-corrected chi connectivity index (χ1v) is 16.3. The minimum atomic E-state index is -1.23. The standard InChI is InChI=1S/C26H34N6O3Si/c1-5-20-15-28-24-23(29-20)21(16-32(24)17-35-12-13-36(2,3)4)25(33)30-22(19-6-7-19)26(34)31-10-8-18(14-27)9-11-31/h1,15-16,18-19,22H,6-13,17H2,2-4H3,(H,30,33)/t22-/m1/s1. The summed E-state index contributed by atoms with van der Waals surface area (Å²) in [6, 6.07) is 2.73. The van der Waals surface area contributed by atoms with E-state index in [2.05, 4.69) is 46.9 Å².